The Morgan fingerprint density at radius 1 is 0.382 bits per heavy atom. The summed E-state index contributed by atoms with van der Waals surface area (Å²) in [6.07, 6.45) is 20.7. The highest BCUT2D eigenvalue weighted by atomic mass is 16.6. The van der Waals surface area contributed by atoms with Gasteiger partial charge in [0, 0.05) is 22.3 Å². The van der Waals surface area contributed by atoms with Crippen LogP contribution in [0.3, 0.4) is 0 Å². The topological polar surface area (TPSA) is 86.7 Å². The zero-order valence-electron chi connectivity index (χ0n) is 21.2. The molecule has 0 unspecified atom stereocenters. The first-order chi connectivity index (χ1) is 16.4. The SMILES string of the molecule is CC1=C(CCCCCCCCCCCCCCCCCCC2=C(C)C(=O)OC2=O)C(=O)OC1=O. The lowest BCUT2D eigenvalue weighted by atomic mass is 10.0. The molecular formula is C28H42O6. The molecule has 0 aromatic carbocycles. The Morgan fingerprint density at radius 2 is 0.618 bits per heavy atom. The molecule has 0 bridgehead atoms. The Kier molecular flexibility index (Phi) is 12.9. The maximum atomic E-state index is 11.5. The summed E-state index contributed by atoms with van der Waals surface area (Å²) in [5.74, 6) is -1.84. The van der Waals surface area contributed by atoms with Gasteiger partial charge in [-0.25, -0.2) is 19.2 Å². The third-order valence-electron chi connectivity index (χ3n) is 6.98. The van der Waals surface area contributed by atoms with Crippen molar-refractivity contribution in [2.45, 2.75) is 129 Å². The van der Waals surface area contributed by atoms with Gasteiger partial charge >= 0.3 is 23.9 Å². The van der Waals surface area contributed by atoms with Gasteiger partial charge in [-0.15, -0.1) is 0 Å². The Hall–Kier alpha value is -2.24. The summed E-state index contributed by atoms with van der Waals surface area (Å²) in [5.41, 5.74) is 2.12. The first kappa shape index (κ1) is 28.0. The highest BCUT2D eigenvalue weighted by Crippen LogP contribution is 2.24. The molecular weight excluding hydrogens is 432 g/mol. The van der Waals surface area contributed by atoms with E-state index in [1.165, 1.54) is 77.0 Å². The number of esters is 4. The number of rotatable bonds is 19. The van der Waals surface area contributed by atoms with Crippen LogP contribution in [0.1, 0.15) is 129 Å². The highest BCUT2D eigenvalue weighted by molar-refractivity contribution is 6.12. The quantitative estimate of drug-likeness (QED) is 0.116. The van der Waals surface area contributed by atoms with Crippen molar-refractivity contribution in [2.24, 2.45) is 0 Å². The average Bonchev–Trinajstić information content (AvgIpc) is 3.19. The van der Waals surface area contributed by atoms with Gasteiger partial charge in [0.25, 0.3) is 0 Å². The van der Waals surface area contributed by atoms with Crippen molar-refractivity contribution < 1.29 is 28.7 Å². The fraction of sp³-hybridized carbons (Fsp3) is 0.714. The summed E-state index contributed by atoms with van der Waals surface area (Å²) >= 11 is 0. The first-order valence-electron chi connectivity index (χ1n) is 13.3. The minimum absolute atomic E-state index is 0.445. The van der Waals surface area contributed by atoms with Gasteiger partial charge in [-0.3, -0.25) is 0 Å². The highest BCUT2D eigenvalue weighted by Gasteiger charge is 2.29. The molecule has 0 aromatic heterocycles. The zero-order valence-corrected chi connectivity index (χ0v) is 21.2. The number of carbonyl (C=O) groups is 4. The molecule has 0 amide bonds. The van der Waals surface area contributed by atoms with E-state index in [4.69, 9.17) is 0 Å². The second-order valence-electron chi connectivity index (χ2n) is 9.72. The number of carbonyl (C=O) groups excluding carboxylic acids is 4. The summed E-state index contributed by atoms with van der Waals surface area (Å²) in [5, 5.41) is 0. The number of hydrogen-bond acceptors (Lipinski definition) is 6. The predicted molar refractivity (Wildman–Crippen MR) is 131 cm³/mol. The van der Waals surface area contributed by atoms with Crippen LogP contribution < -0.4 is 0 Å². The largest absolute Gasteiger partial charge is 0.386 e. The molecule has 2 rings (SSSR count). The van der Waals surface area contributed by atoms with E-state index in [1.807, 2.05) is 0 Å². The van der Waals surface area contributed by atoms with Crippen LogP contribution in [-0.4, -0.2) is 23.9 Å². The summed E-state index contributed by atoms with van der Waals surface area (Å²) in [7, 11) is 0. The molecule has 2 heterocycles. The molecule has 0 radical (unpaired) electrons. The normalized spacial score (nSPS) is 16.2. The number of ether oxygens (including phenoxy) is 2. The van der Waals surface area contributed by atoms with E-state index in [1.54, 1.807) is 13.8 Å². The van der Waals surface area contributed by atoms with E-state index in [9.17, 15) is 19.2 Å². The third kappa shape index (κ3) is 9.55. The molecule has 190 valence electrons. The Balaban J connectivity index is 1.29. The molecule has 6 nitrogen and oxygen atoms in total. The van der Waals surface area contributed by atoms with Crippen LogP contribution >= 0.6 is 0 Å². The van der Waals surface area contributed by atoms with E-state index < -0.39 is 23.9 Å². The van der Waals surface area contributed by atoms with Crippen LogP contribution in [-0.2, 0) is 28.7 Å². The van der Waals surface area contributed by atoms with Gasteiger partial charge < -0.3 is 9.47 Å². The van der Waals surface area contributed by atoms with Gasteiger partial charge in [0.1, 0.15) is 0 Å². The number of hydrogen-bond donors (Lipinski definition) is 0. The first-order valence-corrected chi connectivity index (χ1v) is 13.3. The van der Waals surface area contributed by atoms with Gasteiger partial charge in [0.2, 0.25) is 0 Å². The van der Waals surface area contributed by atoms with E-state index in [-0.39, 0.29) is 0 Å². The molecule has 0 saturated heterocycles. The lowest BCUT2D eigenvalue weighted by Gasteiger charge is -2.04. The van der Waals surface area contributed by atoms with Crippen molar-refractivity contribution >= 4 is 23.9 Å². The van der Waals surface area contributed by atoms with Crippen LogP contribution in [0.25, 0.3) is 0 Å². The molecule has 34 heavy (non-hydrogen) atoms. The van der Waals surface area contributed by atoms with E-state index >= 15 is 0 Å². The molecule has 0 spiro atoms. The van der Waals surface area contributed by atoms with Gasteiger partial charge in [-0.2, -0.15) is 0 Å². The van der Waals surface area contributed by atoms with Crippen molar-refractivity contribution in [1.82, 2.24) is 0 Å². The molecule has 0 atom stereocenters. The number of unbranched alkanes of at least 4 members (excludes halogenated alkanes) is 15. The van der Waals surface area contributed by atoms with Gasteiger partial charge in [0.15, 0.2) is 0 Å². The molecule has 2 aliphatic rings. The van der Waals surface area contributed by atoms with Crippen molar-refractivity contribution in [3.63, 3.8) is 0 Å². The second-order valence-corrected chi connectivity index (χ2v) is 9.72. The van der Waals surface area contributed by atoms with E-state index in [0.29, 0.717) is 35.1 Å². The van der Waals surface area contributed by atoms with E-state index in [2.05, 4.69) is 9.47 Å². The molecule has 2 aliphatic heterocycles. The maximum Gasteiger partial charge on any atom is 0.342 e. The fourth-order valence-electron chi connectivity index (χ4n) is 4.65. The van der Waals surface area contributed by atoms with E-state index in [0.717, 1.165) is 25.7 Å². The molecule has 0 aliphatic carbocycles. The number of cyclic esters (lactones) is 4. The van der Waals surface area contributed by atoms with Crippen molar-refractivity contribution in [2.75, 3.05) is 0 Å². The standard InChI is InChI=1S/C28H42O6/c1-21-23(27(31)33-25(21)29)19-17-15-13-11-9-7-5-3-4-6-8-10-12-14-16-18-20-24-22(2)26(30)34-28(24)32/h3-20H2,1-2H3. The summed E-state index contributed by atoms with van der Waals surface area (Å²) < 4.78 is 9.24. The van der Waals surface area contributed by atoms with Crippen molar-refractivity contribution in [3.05, 3.63) is 22.3 Å². The van der Waals surface area contributed by atoms with Crippen LogP contribution in [0.4, 0.5) is 0 Å². The predicted octanol–water partition coefficient (Wildman–Crippen LogP) is 6.81. The Labute approximate surface area is 204 Å². The minimum Gasteiger partial charge on any atom is -0.386 e. The fourth-order valence-corrected chi connectivity index (χ4v) is 4.65. The third-order valence-corrected chi connectivity index (χ3v) is 6.98. The summed E-state index contributed by atoms with van der Waals surface area (Å²) in [4.78, 5) is 45.7. The van der Waals surface area contributed by atoms with Crippen LogP contribution in [0.2, 0.25) is 0 Å². The van der Waals surface area contributed by atoms with Crippen LogP contribution in [0.5, 0.6) is 0 Å². The summed E-state index contributed by atoms with van der Waals surface area (Å²) in [6, 6.07) is 0. The molecule has 6 heteroatoms. The second kappa shape index (κ2) is 15.6. The average molecular weight is 475 g/mol. The van der Waals surface area contributed by atoms with Gasteiger partial charge in [-0.1, -0.05) is 89.9 Å². The van der Waals surface area contributed by atoms with Crippen LogP contribution in [0.15, 0.2) is 22.3 Å². The Bertz CT molecular complexity index is 723. The molecule has 0 fully saturated rings. The van der Waals surface area contributed by atoms with Gasteiger partial charge in [-0.05, 0) is 39.5 Å². The molecule has 0 saturated carbocycles. The monoisotopic (exact) mass is 474 g/mol. The smallest absolute Gasteiger partial charge is 0.342 e. The molecule has 0 aromatic rings. The Morgan fingerprint density at radius 3 is 0.824 bits per heavy atom. The lowest BCUT2D eigenvalue weighted by Crippen LogP contribution is -2.02. The van der Waals surface area contributed by atoms with Crippen LogP contribution in [0, 0.1) is 0 Å². The molecule has 0 N–H and O–H groups in total. The lowest BCUT2D eigenvalue weighted by molar-refractivity contribution is -0.152. The van der Waals surface area contributed by atoms with Crippen molar-refractivity contribution in [3.8, 4) is 0 Å². The summed E-state index contributed by atoms with van der Waals surface area (Å²) in [6.45, 7) is 3.35. The zero-order chi connectivity index (χ0) is 24.8. The maximum absolute atomic E-state index is 11.5. The van der Waals surface area contributed by atoms with Crippen molar-refractivity contribution in [1.29, 1.82) is 0 Å². The minimum atomic E-state index is -0.477. The van der Waals surface area contributed by atoms with Gasteiger partial charge in [0.05, 0.1) is 0 Å².